The van der Waals surface area contributed by atoms with Gasteiger partial charge in [-0.25, -0.2) is 13.2 Å². The molecule has 17 heavy (non-hydrogen) atoms. The Morgan fingerprint density at radius 2 is 1.71 bits per heavy atom. The first-order valence-corrected chi connectivity index (χ1v) is 5.29. The van der Waals surface area contributed by atoms with Crippen molar-refractivity contribution in [2.75, 3.05) is 5.73 Å². The first kappa shape index (κ1) is 11.5. The lowest BCUT2D eigenvalue weighted by Crippen LogP contribution is -1.90. The Hall–Kier alpha value is -2.00. The van der Waals surface area contributed by atoms with Gasteiger partial charge in [-0.1, -0.05) is 0 Å². The van der Waals surface area contributed by atoms with Gasteiger partial charge in [0.1, 0.15) is 28.4 Å². The molecule has 6 heteroatoms. The van der Waals surface area contributed by atoms with E-state index in [0.29, 0.717) is 12.1 Å². The summed E-state index contributed by atoms with van der Waals surface area (Å²) in [5, 5.41) is 8.69. The summed E-state index contributed by atoms with van der Waals surface area (Å²) in [5.41, 5.74) is 5.27. The van der Waals surface area contributed by atoms with Crippen LogP contribution in [0.3, 0.4) is 0 Å². The van der Waals surface area contributed by atoms with Crippen LogP contribution in [0.15, 0.2) is 18.2 Å². The van der Waals surface area contributed by atoms with Crippen molar-refractivity contribution < 1.29 is 13.2 Å². The van der Waals surface area contributed by atoms with E-state index < -0.39 is 17.5 Å². The highest BCUT2D eigenvalue weighted by atomic mass is 32.1. The number of benzene rings is 1. The predicted octanol–water partition coefficient (Wildman–Crippen LogP) is 3.29. The van der Waals surface area contributed by atoms with Gasteiger partial charge in [0.25, 0.3) is 0 Å². The van der Waals surface area contributed by atoms with Crippen LogP contribution in [0.2, 0.25) is 0 Å². The lowest BCUT2D eigenvalue weighted by molar-refractivity contribution is 0.548. The van der Waals surface area contributed by atoms with E-state index in [9.17, 15) is 13.2 Å². The molecule has 2 rings (SSSR count). The molecule has 0 aliphatic carbocycles. The first-order valence-electron chi connectivity index (χ1n) is 4.47. The van der Waals surface area contributed by atoms with Crippen molar-refractivity contribution in [2.24, 2.45) is 0 Å². The van der Waals surface area contributed by atoms with Crippen LogP contribution in [-0.4, -0.2) is 0 Å². The Balaban J connectivity index is 2.65. The largest absolute Gasteiger partial charge is 0.397 e. The van der Waals surface area contributed by atoms with Gasteiger partial charge in [-0.3, -0.25) is 0 Å². The number of rotatable bonds is 1. The van der Waals surface area contributed by atoms with Gasteiger partial charge in [0.2, 0.25) is 0 Å². The zero-order valence-corrected chi connectivity index (χ0v) is 9.12. The number of nitriles is 1. The van der Waals surface area contributed by atoms with Crippen LogP contribution in [0.1, 0.15) is 4.88 Å². The Morgan fingerprint density at radius 3 is 2.18 bits per heavy atom. The minimum absolute atomic E-state index is 0.149. The topological polar surface area (TPSA) is 49.8 Å². The van der Waals surface area contributed by atoms with Gasteiger partial charge in [0.15, 0.2) is 0 Å². The highest BCUT2D eigenvalue weighted by molar-refractivity contribution is 7.16. The fraction of sp³-hybridized carbons (Fsp3) is 0. The minimum atomic E-state index is -1.02. The monoisotopic (exact) mass is 254 g/mol. The fourth-order valence-electron chi connectivity index (χ4n) is 1.39. The van der Waals surface area contributed by atoms with Crippen LogP contribution in [0, 0.1) is 28.8 Å². The molecular weight excluding hydrogens is 249 g/mol. The number of hydrogen-bond acceptors (Lipinski definition) is 3. The van der Waals surface area contributed by atoms with Gasteiger partial charge in [0, 0.05) is 17.0 Å². The lowest BCUT2D eigenvalue weighted by atomic mass is 10.1. The molecule has 0 spiro atoms. The van der Waals surface area contributed by atoms with E-state index in [-0.39, 0.29) is 21.0 Å². The van der Waals surface area contributed by atoms with Crippen LogP contribution >= 0.6 is 11.3 Å². The molecule has 1 heterocycles. The van der Waals surface area contributed by atoms with Crippen molar-refractivity contribution in [1.82, 2.24) is 0 Å². The van der Waals surface area contributed by atoms with Crippen LogP contribution in [-0.2, 0) is 0 Å². The zero-order valence-electron chi connectivity index (χ0n) is 8.30. The predicted molar refractivity (Wildman–Crippen MR) is 58.8 cm³/mol. The van der Waals surface area contributed by atoms with E-state index in [1.165, 1.54) is 6.07 Å². The molecule has 0 unspecified atom stereocenters. The number of halogens is 3. The normalized spacial score (nSPS) is 10.2. The van der Waals surface area contributed by atoms with E-state index in [2.05, 4.69) is 0 Å². The van der Waals surface area contributed by atoms with Crippen LogP contribution in [0.5, 0.6) is 0 Å². The van der Waals surface area contributed by atoms with Gasteiger partial charge >= 0.3 is 0 Å². The Kier molecular flexibility index (Phi) is 2.77. The second-order valence-electron chi connectivity index (χ2n) is 3.25. The number of nitrogens with two attached hydrogens (primary N) is 1. The molecule has 0 saturated carbocycles. The smallest absolute Gasteiger partial charge is 0.137 e. The molecular formula is C11H5F3N2S. The molecule has 2 nitrogen and oxygen atoms in total. The van der Waals surface area contributed by atoms with Crippen LogP contribution < -0.4 is 5.73 Å². The molecule has 86 valence electrons. The molecule has 0 atom stereocenters. The van der Waals surface area contributed by atoms with Crippen molar-refractivity contribution in [3.8, 4) is 16.5 Å². The van der Waals surface area contributed by atoms with Crippen molar-refractivity contribution in [1.29, 1.82) is 5.26 Å². The van der Waals surface area contributed by atoms with Gasteiger partial charge in [-0.2, -0.15) is 5.26 Å². The number of nitrogen functional groups attached to an aromatic ring is 1. The van der Waals surface area contributed by atoms with Gasteiger partial charge in [0.05, 0.1) is 11.3 Å². The van der Waals surface area contributed by atoms with Crippen LogP contribution in [0.25, 0.3) is 10.4 Å². The summed E-state index contributed by atoms with van der Waals surface area (Å²) < 4.78 is 39.6. The van der Waals surface area contributed by atoms with E-state index in [4.69, 9.17) is 11.0 Å². The van der Waals surface area contributed by atoms with E-state index in [1.54, 1.807) is 0 Å². The maximum atomic E-state index is 13.4. The standard InChI is InChI=1S/C11H5F3N2S/c12-5-1-6(13)11(7(14)2-5)9-3-8(16)10(4-15)17-9/h1-3H,16H2. The van der Waals surface area contributed by atoms with Crippen molar-refractivity contribution in [3.05, 3.63) is 40.5 Å². The number of thiophene rings is 1. The highest BCUT2D eigenvalue weighted by Crippen LogP contribution is 2.35. The first-order chi connectivity index (χ1) is 8.02. The Bertz CT molecular complexity index is 605. The van der Waals surface area contributed by atoms with E-state index in [1.807, 2.05) is 6.07 Å². The number of nitrogens with zero attached hydrogens (tertiary/aromatic N) is 1. The third-order valence-corrected chi connectivity index (χ3v) is 3.19. The summed E-state index contributed by atoms with van der Waals surface area (Å²) >= 11 is 0.858. The summed E-state index contributed by atoms with van der Waals surface area (Å²) in [6.07, 6.45) is 0. The van der Waals surface area contributed by atoms with Crippen LogP contribution in [0.4, 0.5) is 18.9 Å². The molecule has 0 amide bonds. The van der Waals surface area contributed by atoms with Gasteiger partial charge in [-0.05, 0) is 6.07 Å². The summed E-state index contributed by atoms with van der Waals surface area (Å²) in [6.45, 7) is 0. The number of hydrogen-bond donors (Lipinski definition) is 1. The highest BCUT2D eigenvalue weighted by Gasteiger charge is 2.17. The second kappa shape index (κ2) is 4.11. The maximum Gasteiger partial charge on any atom is 0.137 e. The quantitative estimate of drug-likeness (QED) is 0.848. The Labute approximate surface area is 98.7 Å². The summed E-state index contributed by atoms with van der Waals surface area (Å²) in [5.74, 6) is -3.03. The second-order valence-corrected chi connectivity index (χ2v) is 4.30. The Morgan fingerprint density at radius 1 is 1.12 bits per heavy atom. The summed E-state index contributed by atoms with van der Waals surface area (Å²) in [4.78, 5) is 0.331. The van der Waals surface area contributed by atoms with Gasteiger partial charge < -0.3 is 5.73 Å². The molecule has 2 N–H and O–H groups in total. The molecule has 1 aromatic heterocycles. The maximum absolute atomic E-state index is 13.4. The SMILES string of the molecule is N#Cc1sc(-c2c(F)cc(F)cc2F)cc1N. The molecule has 0 radical (unpaired) electrons. The third-order valence-electron chi connectivity index (χ3n) is 2.12. The van der Waals surface area contributed by atoms with Crippen molar-refractivity contribution >= 4 is 17.0 Å². The number of anilines is 1. The molecule has 0 aliphatic rings. The molecule has 0 fully saturated rings. The minimum Gasteiger partial charge on any atom is -0.397 e. The zero-order chi connectivity index (χ0) is 12.6. The third kappa shape index (κ3) is 1.97. The molecule has 0 saturated heterocycles. The molecule has 1 aromatic carbocycles. The lowest BCUT2D eigenvalue weighted by Gasteiger charge is -2.01. The molecule has 0 aliphatic heterocycles. The van der Waals surface area contributed by atoms with E-state index >= 15 is 0 Å². The average molecular weight is 254 g/mol. The summed E-state index contributed by atoms with van der Waals surface area (Å²) in [7, 11) is 0. The van der Waals surface area contributed by atoms with Crippen molar-refractivity contribution in [2.45, 2.75) is 0 Å². The fourth-order valence-corrected chi connectivity index (χ4v) is 2.32. The molecule has 0 bridgehead atoms. The van der Waals surface area contributed by atoms with Crippen molar-refractivity contribution in [3.63, 3.8) is 0 Å². The van der Waals surface area contributed by atoms with E-state index in [0.717, 1.165) is 11.3 Å². The summed E-state index contributed by atoms with van der Waals surface area (Å²) in [6, 6.07) is 4.27. The average Bonchev–Trinajstić information content (AvgIpc) is 2.57. The molecule has 2 aromatic rings. The van der Waals surface area contributed by atoms with Gasteiger partial charge in [-0.15, -0.1) is 11.3 Å².